The highest BCUT2D eigenvalue weighted by Crippen LogP contribution is 2.25. The monoisotopic (exact) mass is 252 g/mol. The van der Waals surface area contributed by atoms with Crippen LogP contribution in [0.25, 0.3) is 0 Å². The van der Waals surface area contributed by atoms with Gasteiger partial charge in [-0.25, -0.2) is 4.79 Å². The molecule has 1 rings (SSSR count). The summed E-state index contributed by atoms with van der Waals surface area (Å²) in [7, 11) is 1.65. The third-order valence-corrected chi connectivity index (χ3v) is 2.65. The number of aryl methyl sites for hydroxylation is 1. The van der Waals surface area contributed by atoms with Crippen LogP contribution in [0.4, 0.5) is 4.79 Å². The number of hydrogen-bond acceptors (Lipinski definition) is 4. The smallest absolute Gasteiger partial charge is 0.404 e. The number of benzene rings is 1. The fourth-order valence-corrected chi connectivity index (χ4v) is 1.73. The van der Waals surface area contributed by atoms with Crippen molar-refractivity contribution in [1.29, 1.82) is 0 Å². The average molecular weight is 252 g/mol. The van der Waals surface area contributed by atoms with Crippen LogP contribution in [0.1, 0.15) is 24.1 Å². The second kappa shape index (κ2) is 6.86. The lowest BCUT2D eigenvalue weighted by Gasteiger charge is -2.17. The Morgan fingerprint density at radius 3 is 2.83 bits per heavy atom. The molecule has 1 aromatic carbocycles. The first-order valence-corrected chi connectivity index (χ1v) is 5.84. The van der Waals surface area contributed by atoms with Crippen LogP contribution >= 0.6 is 0 Å². The summed E-state index contributed by atoms with van der Waals surface area (Å²) in [4.78, 5) is 10.4. The van der Waals surface area contributed by atoms with E-state index < -0.39 is 6.09 Å². The van der Waals surface area contributed by atoms with E-state index in [1.807, 2.05) is 26.0 Å². The summed E-state index contributed by atoms with van der Waals surface area (Å²) in [5.74, 6) is 0.844. The first-order chi connectivity index (χ1) is 8.54. The third kappa shape index (κ3) is 4.25. The summed E-state index contributed by atoms with van der Waals surface area (Å²) < 4.78 is 9.97. The second-order valence-electron chi connectivity index (χ2n) is 4.09. The van der Waals surface area contributed by atoms with Crippen molar-refractivity contribution in [3.05, 3.63) is 29.3 Å². The minimum absolute atomic E-state index is 0.108. The lowest BCUT2D eigenvalue weighted by atomic mass is 10.0. The third-order valence-electron chi connectivity index (χ3n) is 2.65. The van der Waals surface area contributed by atoms with Crippen molar-refractivity contribution in [3.63, 3.8) is 0 Å². The van der Waals surface area contributed by atoms with E-state index >= 15 is 0 Å². The molecule has 5 nitrogen and oxygen atoms in total. The summed E-state index contributed by atoms with van der Waals surface area (Å²) >= 11 is 0. The molecule has 0 aliphatic heterocycles. The van der Waals surface area contributed by atoms with Crippen molar-refractivity contribution in [3.8, 4) is 5.75 Å². The number of carbonyl (C=O) groups is 1. The van der Waals surface area contributed by atoms with E-state index in [1.165, 1.54) is 5.56 Å². The molecule has 0 fully saturated rings. The maximum absolute atomic E-state index is 10.4. The highest BCUT2D eigenvalue weighted by atomic mass is 16.5. The van der Waals surface area contributed by atoms with Crippen molar-refractivity contribution >= 4 is 6.09 Å². The molecule has 0 heterocycles. The molecule has 0 aromatic heterocycles. The van der Waals surface area contributed by atoms with Crippen LogP contribution in [0.2, 0.25) is 0 Å². The van der Waals surface area contributed by atoms with Crippen molar-refractivity contribution in [1.82, 2.24) is 5.32 Å². The number of amides is 1. The predicted molar refractivity (Wildman–Crippen MR) is 69.7 cm³/mol. The van der Waals surface area contributed by atoms with Crippen molar-refractivity contribution in [2.24, 2.45) is 5.73 Å². The Bertz CT molecular complexity index is 407. The summed E-state index contributed by atoms with van der Waals surface area (Å²) in [6.07, 6.45) is -0.752. The molecule has 0 saturated carbocycles. The number of ether oxygens (including phenoxy) is 2. The Labute approximate surface area is 107 Å². The summed E-state index contributed by atoms with van der Waals surface area (Å²) in [5, 5.41) is 3.24. The lowest BCUT2D eigenvalue weighted by Crippen LogP contribution is -2.26. The van der Waals surface area contributed by atoms with Crippen LogP contribution in [0.3, 0.4) is 0 Å². The fraction of sp³-hybridized carbons (Fsp3) is 0.462. The van der Waals surface area contributed by atoms with Crippen LogP contribution in [-0.2, 0) is 4.74 Å². The molecule has 3 N–H and O–H groups in total. The highest BCUT2D eigenvalue weighted by Gasteiger charge is 2.11. The summed E-state index contributed by atoms with van der Waals surface area (Å²) in [6.45, 7) is 4.86. The molecule has 0 aliphatic carbocycles. The van der Waals surface area contributed by atoms with Crippen molar-refractivity contribution < 1.29 is 14.3 Å². The van der Waals surface area contributed by atoms with Gasteiger partial charge in [0, 0.05) is 18.2 Å². The van der Waals surface area contributed by atoms with E-state index in [2.05, 4.69) is 16.1 Å². The number of methoxy groups -OCH3 is 1. The Morgan fingerprint density at radius 1 is 1.50 bits per heavy atom. The Morgan fingerprint density at radius 2 is 2.22 bits per heavy atom. The molecule has 1 unspecified atom stereocenters. The van der Waals surface area contributed by atoms with Crippen LogP contribution < -0.4 is 15.8 Å². The van der Waals surface area contributed by atoms with E-state index in [9.17, 15) is 4.79 Å². The van der Waals surface area contributed by atoms with Gasteiger partial charge in [0.25, 0.3) is 0 Å². The molecule has 18 heavy (non-hydrogen) atoms. The number of primary amides is 1. The van der Waals surface area contributed by atoms with Crippen LogP contribution in [-0.4, -0.2) is 26.4 Å². The first kappa shape index (κ1) is 14.3. The number of nitrogens with one attached hydrogen (secondary N) is 1. The van der Waals surface area contributed by atoms with Gasteiger partial charge in [-0.2, -0.15) is 0 Å². The Balaban J connectivity index is 2.57. The van der Waals surface area contributed by atoms with Gasteiger partial charge < -0.3 is 20.5 Å². The van der Waals surface area contributed by atoms with Crippen molar-refractivity contribution in [2.75, 3.05) is 20.3 Å². The standard InChI is InChI=1S/C13H20N2O3/c1-9-4-5-12(17-3)11(8-9)10(2)15-6-7-18-13(14)16/h4-5,8,10,15H,6-7H2,1-3H3,(H2,14,16). The summed E-state index contributed by atoms with van der Waals surface area (Å²) in [6, 6.07) is 6.13. The molecule has 5 heteroatoms. The van der Waals surface area contributed by atoms with Crippen LogP contribution in [0.15, 0.2) is 18.2 Å². The molecule has 1 aromatic rings. The predicted octanol–water partition coefficient (Wildman–Crippen LogP) is 1.75. The molecule has 1 atom stereocenters. The molecule has 0 spiro atoms. The fourth-order valence-electron chi connectivity index (χ4n) is 1.73. The van der Waals surface area contributed by atoms with Gasteiger partial charge in [-0.1, -0.05) is 17.7 Å². The van der Waals surface area contributed by atoms with Crippen molar-refractivity contribution in [2.45, 2.75) is 19.9 Å². The lowest BCUT2D eigenvalue weighted by molar-refractivity contribution is 0.156. The maximum atomic E-state index is 10.4. The maximum Gasteiger partial charge on any atom is 0.404 e. The molecule has 1 amide bonds. The number of hydrogen-bond donors (Lipinski definition) is 2. The number of carbonyl (C=O) groups excluding carboxylic acids is 1. The van der Waals surface area contributed by atoms with Crippen LogP contribution in [0, 0.1) is 6.92 Å². The zero-order valence-electron chi connectivity index (χ0n) is 11.0. The minimum Gasteiger partial charge on any atom is -0.496 e. The van der Waals surface area contributed by atoms with Gasteiger partial charge in [-0.3, -0.25) is 0 Å². The van der Waals surface area contributed by atoms with Gasteiger partial charge >= 0.3 is 6.09 Å². The second-order valence-corrected chi connectivity index (χ2v) is 4.09. The Hall–Kier alpha value is -1.75. The highest BCUT2D eigenvalue weighted by molar-refractivity contribution is 5.64. The molecular weight excluding hydrogens is 232 g/mol. The quantitative estimate of drug-likeness (QED) is 0.756. The minimum atomic E-state index is -0.752. The van der Waals surface area contributed by atoms with E-state index in [1.54, 1.807) is 7.11 Å². The van der Waals surface area contributed by atoms with Gasteiger partial charge in [0.1, 0.15) is 12.4 Å². The molecule has 0 bridgehead atoms. The molecule has 100 valence electrons. The zero-order valence-corrected chi connectivity index (χ0v) is 11.0. The molecular formula is C13H20N2O3. The van der Waals surface area contributed by atoms with Gasteiger partial charge in [-0.05, 0) is 19.9 Å². The average Bonchev–Trinajstić information content (AvgIpc) is 2.34. The number of rotatable bonds is 6. The van der Waals surface area contributed by atoms with Gasteiger partial charge in [-0.15, -0.1) is 0 Å². The zero-order chi connectivity index (χ0) is 13.5. The molecule has 0 radical (unpaired) electrons. The van der Waals surface area contributed by atoms with Gasteiger partial charge in [0.05, 0.1) is 7.11 Å². The molecule has 0 saturated heterocycles. The Kier molecular flexibility index (Phi) is 5.45. The number of nitrogens with two attached hydrogens (primary N) is 1. The topological polar surface area (TPSA) is 73.6 Å². The molecule has 0 aliphatic rings. The van der Waals surface area contributed by atoms with Gasteiger partial charge in [0.15, 0.2) is 0 Å². The van der Waals surface area contributed by atoms with E-state index in [-0.39, 0.29) is 12.6 Å². The van der Waals surface area contributed by atoms with Crippen LogP contribution in [0.5, 0.6) is 5.75 Å². The van der Waals surface area contributed by atoms with E-state index in [0.29, 0.717) is 6.54 Å². The van der Waals surface area contributed by atoms with E-state index in [0.717, 1.165) is 11.3 Å². The largest absolute Gasteiger partial charge is 0.496 e. The first-order valence-electron chi connectivity index (χ1n) is 5.84. The summed E-state index contributed by atoms with van der Waals surface area (Å²) in [5.41, 5.74) is 7.13. The van der Waals surface area contributed by atoms with E-state index in [4.69, 9.17) is 10.5 Å². The van der Waals surface area contributed by atoms with Gasteiger partial charge in [0.2, 0.25) is 0 Å². The SMILES string of the molecule is COc1ccc(C)cc1C(C)NCCOC(N)=O. The normalized spacial score (nSPS) is 11.9.